The number of nitrogens with zero attached hydrogens (tertiary/aromatic N) is 2. The zero-order valence-corrected chi connectivity index (χ0v) is 21.6. The van der Waals surface area contributed by atoms with E-state index in [1.54, 1.807) is 0 Å². The van der Waals surface area contributed by atoms with E-state index >= 15 is 0 Å². The molecule has 5 rings (SSSR count). The molecule has 7 heteroatoms. The molecule has 7 nitrogen and oxygen atoms in total. The lowest BCUT2D eigenvalue weighted by molar-refractivity contribution is -0.113. The maximum absolute atomic E-state index is 13.6. The van der Waals surface area contributed by atoms with E-state index in [-0.39, 0.29) is 17.8 Å². The standard InChI is InChI=1S/C30H33N5O2/c1-18(2)28-26-16-25(37-24-10-12-34(13-11-24)19(3)31)8-9-27(26)35(30(28)36)17-20-4-5-21-6-7-22(29(32)33)15-23(21)14-20/h4-9,14-16,24,31H,10-13,17H2,1-3H3,(H3,32,33). The zero-order valence-electron chi connectivity index (χ0n) is 21.6. The van der Waals surface area contributed by atoms with Crippen LogP contribution >= 0.6 is 0 Å². The summed E-state index contributed by atoms with van der Waals surface area (Å²) in [7, 11) is 0. The summed E-state index contributed by atoms with van der Waals surface area (Å²) in [6.45, 7) is 7.88. The fourth-order valence-corrected chi connectivity index (χ4v) is 5.27. The van der Waals surface area contributed by atoms with Gasteiger partial charge in [0.2, 0.25) is 0 Å². The fourth-order valence-electron chi connectivity index (χ4n) is 5.27. The molecule has 190 valence electrons. The van der Waals surface area contributed by atoms with Crippen molar-refractivity contribution in [2.45, 2.75) is 46.3 Å². The first-order valence-electron chi connectivity index (χ1n) is 12.7. The summed E-state index contributed by atoms with van der Waals surface area (Å²) in [5.74, 6) is 1.42. The van der Waals surface area contributed by atoms with Gasteiger partial charge in [-0.15, -0.1) is 0 Å². The molecular weight excluding hydrogens is 462 g/mol. The molecule has 1 amide bonds. The fraction of sp³-hybridized carbons (Fsp3) is 0.300. The van der Waals surface area contributed by atoms with E-state index in [4.69, 9.17) is 21.3 Å². The molecule has 2 aliphatic rings. The van der Waals surface area contributed by atoms with E-state index in [0.717, 1.165) is 70.4 Å². The molecule has 2 aliphatic heterocycles. The average Bonchev–Trinajstić information content (AvgIpc) is 3.14. The van der Waals surface area contributed by atoms with Gasteiger partial charge in [0.25, 0.3) is 5.91 Å². The van der Waals surface area contributed by atoms with Gasteiger partial charge in [-0.1, -0.05) is 29.8 Å². The summed E-state index contributed by atoms with van der Waals surface area (Å²) < 4.78 is 6.33. The number of hydrogen-bond acceptors (Lipinski definition) is 4. The van der Waals surface area contributed by atoms with Crippen LogP contribution in [0.3, 0.4) is 0 Å². The summed E-state index contributed by atoms with van der Waals surface area (Å²) >= 11 is 0. The predicted molar refractivity (Wildman–Crippen MR) is 149 cm³/mol. The van der Waals surface area contributed by atoms with Gasteiger partial charge in [0.05, 0.1) is 18.1 Å². The molecule has 0 aromatic heterocycles. The Bertz CT molecular complexity index is 1450. The number of allylic oxidation sites excluding steroid dienone is 1. The smallest absolute Gasteiger partial charge is 0.259 e. The van der Waals surface area contributed by atoms with Crippen molar-refractivity contribution in [2.75, 3.05) is 18.0 Å². The van der Waals surface area contributed by atoms with Crippen LogP contribution in [-0.2, 0) is 11.3 Å². The molecule has 0 saturated carbocycles. The number of piperidine rings is 1. The topological polar surface area (TPSA) is 107 Å². The lowest BCUT2D eigenvalue weighted by atomic mass is 10.0. The minimum absolute atomic E-state index is 0.000463. The van der Waals surface area contributed by atoms with Gasteiger partial charge in [-0.05, 0) is 67.4 Å². The van der Waals surface area contributed by atoms with Gasteiger partial charge in [0, 0.05) is 42.6 Å². The molecule has 0 radical (unpaired) electrons. The number of nitrogen functional groups attached to an aromatic ring is 1. The average molecular weight is 496 g/mol. The van der Waals surface area contributed by atoms with Gasteiger partial charge in [0.15, 0.2) is 0 Å². The van der Waals surface area contributed by atoms with Gasteiger partial charge >= 0.3 is 0 Å². The number of ether oxygens (including phenoxy) is 1. The van der Waals surface area contributed by atoms with Gasteiger partial charge in [-0.2, -0.15) is 0 Å². The monoisotopic (exact) mass is 495 g/mol. The van der Waals surface area contributed by atoms with E-state index in [2.05, 4.69) is 11.0 Å². The summed E-state index contributed by atoms with van der Waals surface area (Å²) in [5.41, 5.74) is 10.9. The van der Waals surface area contributed by atoms with Gasteiger partial charge in [0.1, 0.15) is 17.7 Å². The Kier molecular flexibility index (Phi) is 6.46. The molecule has 1 saturated heterocycles. The third-order valence-electron chi connectivity index (χ3n) is 7.26. The summed E-state index contributed by atoms with van der Waals surface area (Å²) in [5, 5.41) is 17.6. The number of rotatable bonds is 5. The number of nitrogens with two attached hydrogens (primary N) is 1. The number of amides is 1. The molecule has 37 heavy (non-hydrogen) atoms. The highest BCUT2D eigenvalue weighted by atomic mass is 16.5. The second-order valence-corrected chi connectivity index (χ2v) is 10.1. The zero-order chi connectivity index (χ0) is 26.3. The van der Waals surface area contributed by atoms with Crippen molar-refractivity contribution >= 4 is 39.6 Å². The van der Waals surface area contributed by atoms with Gasteiger partial charge < -0.3 is 20.3 Å². The van der Waals surface area contributed by atoms with E-state index in [1.165, 1.54) is 0 Å². The number of carbonyl (C=O) groups excluding carboxylic acids is 1. The van der Waals surface area contributed by atoms with Crippen molar-refractivity contribution in [1.29, 1.82) is 10.8 Å². The largest absolute Gasteiger partial charge is 0.490 e. The summed E-state index contributed by atoms with van der Waals surface area (Å²) in [4.78, 5) is 17.5. The highest BCUT2D eigenvalue weighted by molar-refractivity contribution is 6.33. The first-order valence-corrected chi connectivity index (χ1v) is 12.7. The van der Waals surface area contributed by atoms with Crippen molar-refractivity contribution in [3.8, 4) is 5.75 Å². The Morgan fingerprint density at radius 3 is 2.38 bits per heavy atom. The SMILES string of the molecule is CC(=N)N1CCC(Oc2ccc3c(c2)C(=C(C)C)C(=O)N3Cc2ccc3ccc(C(=N)N)cc3c2)CC1. The summed E-state index contributed by atoms with van der Waals surface area (Å²) in [6, 6.07) is 17.8. The molecule has 0 atom stereocenters. The van der Waals surface area contributed by atoms with Crippen molar-refractivity contribution in [3.05, 3.63) is 76.9 Å². The molecule has 0 bridgehead atoms. The number of anilines is 1. The number of amidine groups is 2. The van der Waals surface area contributed by atoms with Crippen LogP contribution in [0, 0.1) is 10.8 Å². The highest BCUT2D eigenvalue weighted by Gasteiger charge is 2.34. The lowest BCUT2D eigenvalue weighted by Gasteiger charge is -2.32. The summed E-state index contributed by atoms with van der Waals surface area (Å²) in [6.07, 6.45) is 1.86. The predicted octanol–water partition coefficient (Wildman–Crippen LogP) is 5.30. The van der Waals surface area contributed by atoms with Gasteiger partial charge in [-0.25, -0.2) is 0 Å². The Morgan fingerprint density at radius 2 is 1.70 bits per heavy atom. The van der Waals surface area contributed by atoms with Crippen LogP contribution in [0.4, 0.5) is 5.69 Å². The minimum Gasteiger partial charge on any atom is -0.490 e. The molecule has 3 aromatic rings. The normalized spacial score (nSPS) is 15.8. The van der Waals surface area contributed by atoms with Crippen molar-refractivity contribution in [3.63, 3.8) is 0 Å². The van der Waals surface area contributed by atoms with Crippen LogP contribution in [-0.4, -0.2) is 41.7 Å². The second kappa shape index (κ2) is 9.73. The number of carbonyl (C=O) groups is 1. The maximum Gasteiger partial charge on any atom is 0.259 e. The van der Waals surface area contributed by atoms with E-state index < -0.39 is 0 Å². The number of benzene rings is 3. The molecule has 1 fully saturated rings. The molecule has 3 aromatic carbocycles. The van der Waals surface area contributed by atoms with E-state index in [0.29, 0.717) is 17.9 Å². The second-order valence-electron chi connectivity index (χ2n) is 10.1. The Hall–Kier alpha value is -4.13. The van der Waals surface area contributed by atoms with Gasteiger partial charge in [-0.3, -0.25) is 15.6 Å². The van der Waals surface area contributed by atoms with E-state index in [9.17, 15) is 4.79 Å². The van der Waals surface area contributed by atoms with Crippen LogP contribution < -0.4 is 15.4 Å². The maximum atomic E-state index is 13.6. The van der Waals surface area contributed by atoms with E-state index in [1.807, 2.05) is 74.2 Å². The molecular formula is C30H33N5O2. The Labute approximate surface area is 217 Å². The van der Waals surface area contributed by atoms with Crippen molar-refractivity contribution < 1.29 is 9.53 Å². The van der Waals surface area contributed by atoms with Crippen LogP contribution in [0.5, 0.6) is 5.75 Å². The number of fused-ring (bicyclic) bond motifs is 2. The number of likely N-dealkylation sites (tertiary alicyclic amines) is 1. The molecule has 2 heterocycles. The molecule has 0 aliphatic carbocycles. The molecule has 0 spiro atoms. The number of hydrogen-bond donors (Lipinski definition) is 3. The first kappa shape index (κ1) is 24.6. The number of nitrogens with one attached hydrogen (secondary N) is 2. The van der Waals surface area contributed by atoms with Crippen LogP contribution in [0.1, 0.15) is 50.3 Å². The van der Waals surface area contributed by atoms with Crippen LogP contribution in [0.15, 0.2) is 60.2 Å². The Balaban J connectivity index is 1.41. The first-order chi connectivity index (χ1) is 17.7. The molecule has 0 unspecified atom stereocenters. The Morgan fingerprint density at radius 1 is 0.973 bits per heavy atom. The van der Waals surface area contributed by atoms with Crippen LogP contribution in [0.25, 0.3) is 16.3 Å². The van der Waals surface area contributed by atoms with Crippen molar-refractivity contribution in [2.24, 2.45) is 5.73 Å². The third kappa shape index (κ3) is 4.81. The van der Waals surface area contributed by atoms with Crippen LogP contribution in [0.2, 0.25) is 0 Å². The molecule has 4 N–H and O–H groups in total. The third-order valence-corrected chi connectivity index (χ3v) is 7.26. The lowest BCUT2D eigenvalue weighted by Crippen LogP contribution is -2.40. The highest BCUT2D eigenvalue weighted by Crippen LogP contribution is 2.41. The quantitative estimate of drug-likeness (QED) is 0.253. The minimum atomic E-state index is -0.000463. The van der Waals surface area contributed by atoms with Crippen molar-refractivity contribution in [1.82, 2.24) is 4.90 Å².